The van der Waals surface area contributed by atoms with Gasteiger partial charge in [0.1, 0.15) is 0 Å². The van der Waals surface area contributed by atoms with E-state index in [1.54, 1.807) is 0 Å². The van der Waals surface area contributed by atoms with Crippen molar-refractivity contribution >= 4 is 28.7 Å². The minimum atomic E-state index is -1.20. The number of halogens is 1. The summed E-state index contributed by atoms with van der Waals surface area (Å²) in [5.74, 6) is 0.321. The summed E-state index contributed by atoms with van der Waals surface area (Å²) in [5, 5.41) is 8.31. The molecule has 3 nitrogen and oxygen atoms in total. The van der Waals surface area contributed by atoms with Gasteiger partial charge < -0.3 is 9.84 Å². The van der Waals surface area contributed by atoms with Crippen molar-refractivity contribution in [2.45, 2.75) is 19.3 Å². The number of hydrogen-bond donors (Lipinski definition) is 1. The van der Waals surface area contributed by atoms with Gasteiger partial charge in [0.15, 0.2) is 0 Å². The van der Waals surface area contributed by atoms with Crippen LogP contribution < -0.4 is 0 Å². The fraction of sp³-hybridized carbons (Fsp3) is 0.364. The second-order valence-electron chi connectivity index (χ2n) is 3.36. The molecule has 0 saturated heterocycles. The maximum Gasteiger partial charge on any atom is 0.505 e. The Hall–Kier alpha value is -0.780. The fourth-order valence-electron chi connectivity index (χ4n) is 1.28. The largest absolute Gasteiger partial charge is 0.505 e. The van der Waals surface area contributed by atoms with E-state index in [0.29, 0.717) is 12.3 Å². The van der Waals surface area contributed by atoms with E-state index in [-0.39, 0.29) is 6.61 Å². The van der Waals surface area contributed by atoms with E-state index in [1.165, 1.54) is 9.13 Å². The number of benzene rings is 1. The zero-order valence-electron chi connectivity index (χ0n) is 8.44. The van der Waals surface area contributed by atoms with Crippen LogP contribution in [-0.2, 0) is 4.74 Å². The molecule has 0 aromatic heterocycles. The summed E-state index contributed by atoms with van der Waals surface area (Å²) in [6, 6.07) is 8.22. The molecule has 1 aromatic rings. The van der Waals surface area contributed by atoms with Crippen molar-refractivity contribution in [1.82, 2.24) is 0 Å². The van der Waals surface area contributed by atoms with E-state index in [4.69, 9.17) is 5.11 Å². The second kappa shape index (κ2) is 5.95. The van der Waals surface area contributed by atoms with Crippen molar-refractivity contribution in [2.75, 3.05) is 6.61 Å². The van der Waals surface area contributed by atoms with Gasteiger partial charge in [0.05, 0.1) is 6.61 Å². The lowest BCUT2D eigenvalue weighted by atomic mass is 9.98. The van der Waals surface area contributed by atoms with Crippen LogP contribution in [-0.4, -0.2) is 17.9 Å². The van der Waals surface area contributed by atoms with Crippen molar-refractivity contribution in [3.8, 4) is 0 Å². The first-order valence-corrected chi connectivity index (χ1v) is 5.78. The summed E-state index contributed by atoms with van der Waals surface area (Å²) in [7, 11) is 0. The molecule has 4 heteroatoms. The summed E-state index contributed by atoms with van der Waals surface area (Å²) in [4.78, 5) is 10.1. The fourth-order valence-corrected chi connectivity index (χ4v) is 1.64. The Bertz CT molecular complexity index is 321. The molecular weight excluding hydrogens is 307 g/mol. The van der Waals surface area contributed by atoms with Gasteiger partial charge in [-0.2, -0.15) is 0 Å². The third-order valence-electron chi connectivity index (χ3n) is 2.22. The Morgan fingerprint density at radius 2 is 2.07 bits per heavy atom. The van der Waals surface area contributed by atoms with Gasteiger partial charge in [0.2, 0.25) is 0 Å². The smallest absolute Gasteiger partial charge is 0.450 e. The van der Waals surface area contributed by atoms with Crippen LogP contribution in [0.25, 0.3) is 0 Å². The van der Waals surface area contributed by atoms with Crippen molar-refractivity contribution in [2.24, 2.45) is 0 Å². The summed E-state index contributed by atoms with van der Waals surface area (Å²) >= 11 is 2.25. The van der Waals surface area contributed by atoms with Crippen molar-refractivity contribution in [1.29, 1.82) is 0 Å². The minimum Gasteiger partial charge on any atom is -0.450 e. The van der Waals surface area contributed by atoms with E-state index in [9.17, 15) is 4.79 Å². The number of carbonyl (C=O) groups is 1. The monoisotopic (exact) mass is 320 g/mol. The quantitative estimate of drug-likeness (QED) is 0.682. The van der Waals surface area contributed by atoms with Gasteiger partial charge in [-0.3, -0.25) is 0 Å². The molecule has 1 aromatic carbocycles. The molecule has 1 N–H and O–H groups in total. The van der Waals surface area contributed by atoms with Crippen LogP contribution in [0.5, 0.6) is 0 Å². The normalized spacial score (nSPS) is 12.1. The van der Waals surface area contributed by atoms with Crippen LogP contribution in [0.1, 0.15) is 24.8 Å². The third kappa shape index (κ3) is 4.51. The van der Waals surface area contributed by atoms with Crippen LogP contribution in [0.15, 0.2) is 24.3 Å². The maximum absolute atomic E-state index is 10.1. The number of carboxylic acid groups (broad SMARTS) is 1. The van der Waals surface area contributed by atoms with Gasteiger partial charge >= 0.3 is 6.16 Å². The maximum atomic E-state index is 10.1. The van der Waals surface area contributed by atoms with E-state index in [1.807, 2.05) is 12.1 Å². The highest BCUT2D eigenvalue weighted by molar-refractivity contribution is 14.1. The molecule has 1 atom stereocenters. The lowest BCUT2D eigenvalue weighted by Gasteiger charge is -2.11. The molecule has 0 saturated carbocycles. The Balaban J connectivity index is 2.43. The molecule has 0 aliphatic rings. The predicted molar refractivity (Wildman–Crippen MR) is 66.2 cm³/mol. The zero-order valence-corrected chi connectivity index (χ0v) is 10.6. The van der Waals surface area contributed by atoms with Crippen molar-refractivity contribution in [3.63, 3.8) is 0 Å². The first kappa shape index (κ1) is 12.3. The van der Waals surface area contributed by atoms with Gasteiger partial charge in [-0.15, -0.1) is 0 Å². The SMILES string of the molecule is CC(CCOC(=O)O)c1ccc(I)cc1. The van der Waals surface area contributed by atoms with Gasteiger partial charge in [0, 0.05) is 3.57 Å². The van der Waals surface area contributed by atoms with Gasteiger partial charge in [-0.05, 0) is 52.6 Å². The lowest BCUT2D eigenvalue weighted by molar-refractivity contribution is 0.0892. The molecule has 0 fully saturated rings. The Kier molecular flexibility index (Phi) is 4.87. The summed E-state index contributed by atoms with van der Waals surface area (Å²) in [6.07, 6.45) is -0.489. The highest BCUT2D eigenvalue weighted by atomic mass is 127. The predicted octanol–water partition coefficient (Wildman–Crippen LogP) is 3.48. The third-order valence-corrected chi connectivity index (χ3v) is 2.93. The Labute approximate surface area is 103 Å². The molecule has 0 heterocycles. The van der Waals surface area contributed by atoms with Gasteiger partial charge in [0.25, 0.3) is 0 Å². The molecule has 82 valence electrons. The first-order chi connectivity index (χ1) is 7.09. The Morgan fingerprint density at radius 1 is 1.47 bits per heavy atom. The summed E-state index contributed by atoms with van der Waals surface area (Å²) in [5.41, 5.74) is 1.21. The minimum absolute atomic E-state index is 0.252. The number of rotatable bonds is 4. The van der Waals surface area contributed by atoms with Crippen molar-refractivity contribution in [3.05, 3.63) is 33.4 Å². The first-order valence-electron chi connectivity index (χ1n) is 4.71. The van der Waals surface area contributed by atoms with Crippen molar-refractivity contribution < 1.29 is 14.6 Å². The molecule has 0 bridgehead atoms. The highest BCUT2D eigenvalue weighted by Gasteiger charge is 2.06. The Morgan fingerprint density at radius 3 is 2.60 bits per heavy atom. The average molecular weight is 320 g/mol. The van der Waals surface area contributed by atoms with Crippen LogP contribution >= 0.6 is 22.6 Å². The molecule has 0 aliphatic carbocycles. The molecule has 1 unspecified atom stereocenters. The highest BCUT2D eigenvalue weighted by Crippen LogP contribution is 2.19. The van der Waals surface area contributed by atoms with E-state index < -0.39 is 6.16 Å². The topological polar surface area (TPSA) is 46.5 Å². The van der Waals surface area contributed by atoms with Gasteiger partial charge in [-0.25, -0.2) is 4.79 Å². The number of hydrogen-bond acceptors (Lipinski definition) is 2. The van der Waals surface area contributed by atoms with Crippen LogP contribution in [0.4, 0.5) is 4.79 Å². The average Bonchev–Trinajstić information content (AvgIpc) is 2.18. The molecular formula is C11H13IO3. The van der Waals surface area contributed by atoms with Crippen LogP contribution in [0.2, 0.25) is 0 Å². The summed E-state index contributed by atoms with van der Waals surface area (Å²) in [6.45, 7) is 2.32. The van der Waals surface area contributed by atoms with E-state index in [2.05, 4.69) is 46.4 Å². The molecule has 15 heavy (non-hydrogen) atoms. The zero-order chi connectivity index (χ0) is 11.3. The van der Waals surface area contributed by atoms with Crippen LogP contribution in [0.3, 0.4) is 0 Å². The molecule has 0 amide bonds. The lowest BCUT2D eigenvalue weighted by Crippen LogP contribution is -2.05. The van der Waals surface area contributed by atoms with E-state index >= 15 is 0 Å². The second-order valence-corrected chi connectivity index (χ2v) is 4.60. The molecule has 0 spiro atoms. The molecule has 1 rings (SSSR count). The van der Waals surface area contributed by atoms with Gasteiger partial charge in [-0.1, -0.05) is 19.1 Å². The molecule has 0 aliphatic heterocycles. The van der Waals surface area contributed by atoms with E-state index in [0.717, 1.165) is 0 Å². The molecule has 0 radical (unpaired) electrons. The van der Waals surface area contributed by atoms with Crippen LogP contribution in [0, 0.1) is 3.57 Å². The standard InChI is InChI=1S/C11H13IO3/c1-8(6-7-15-11(13)14)9-2-4-10(12)5-3-9/h2-5,8H,6-7H2,1H3,(H,13,14). The number of ether oxygens (including phenoxy) is 1. The summed E-state index contributed by atoms with van der Waals surface area (Å²) < 4.78 is 5.67.